The molecule has 1 atom stereocenters. The van der Waals surface area contributed by atoms with Crippen LogP contribution in [0.2, 0.25) is 0 Å². The number of nitrogens with one attached hydrogen (secondary N) is 3. The smallest absolute Gasteiger partial charge is 0.247 e. The highest BCUT2D eigenvalue weighted by molar-refractivity contribution is 5.95. The first-order chi connectivity index (χ1) is 11.0. The number of benzene rings is 1. The van der Waals surface area contributed by atoms with E-state index in [4.69, 9.17) is 4.52 Å². The van der Waals surface area contributed by atoms with E-state index in [0.29, 0.717) is 18.0 Å². The molecule has 2 rings (SSSR count). The minimum Gasteiger partial charge on any atom is -0.374 e. The molecule has 7 heteroatoms. The van der Waals surface area contributed by atoms with Gasteiger partial charge in [-0.3, -0.25) is 9.59 Å². The molecule has 0 radical (unpaired) electrons. The van der Waals surface area contributed by atoms with Crippen molar-refractivity contribution in [3.8, 4) is 0 Å². The molecule has 1 heterocycles. The van der Waals surface area contributed by atoms with Crippen molar-refractivity contribution in [1.29, 1.82) is 0 Å². The van der Waals surface area contributed by atoms with Crippen LogP contribution in [0.25, 0.3) is 0 Å². The zero-order valence-electron chi connectivity index (χ0n) is 13.3. The van der Waals surface area contributed by atoms with Gasteiger partial charge in [-0.15, -0.1) is 0 Å². The first kappa shape index (κ1) is 16.5. The lowest BCUT2D eigenvalue weighted by Gasteiger charge is -2.14. The molecule has 1 aromatic heterocycles. The summed E-state index contributed by atoms with van der Waals surface area (Å²) in [6.07, 6.45) is 0.332. The number of rotatable bonds is 6. The Kier molecular flexibility index (Phi) is 5.35. The van der Waals surface area contributed by atoms with Crippen molar-refractivity contribution in [3.05, 3.63) is 41.7 Å². The molecule has 23 heavy (non-hydrogen) atoms. The van der Waals surface area contributed by atoms with Crippen LogP contribution in [-0.2, 0) is 16.0 Å². The summed E-state index contributed by atoms with van der Waals surface area (Å²) in [5.74, 6) is 0.767. The van der Waals surface area contributed by atoms with Gasteiger partial charge in [0.05, 0.1) is 6.42 Å². The molecular weight excluding hydrogens is 296 g/mol. The van der Waals surface area contributed by atoms with Gasteiger partial charge in [0.25, 0.3) is 0 Å². The minimum atomic E-state index is -0.447. The maximum atomic E-state index is 12.1. The molecule has 0 saturated heterocycles. The van der Waals surface area contributed by atoms with Gasteiger partial charge in [-0.05, 0) is 31.5 Å². The second-order valence-corrected chi connectivity index (χ2v) is 5.22. The number of carbonyl (C=O) groups excluding carboxylic acids is 2. The fraction of sp³-hybridized carbons (Fsp3) is 0.312. The van der Waals surface area contributed by atoms with E-state index >= 15 is 0 Å². The van der Waals surface area contributed by atoms with Crippen LogP contribution in [0.4, 0.5) is 11.5 Å². The van der Waals surface area contributed by atoms with E-state index in [1.807, 2.05) is 24.3 Å². The van der Waals surface area contributed by atoms with Crippen molar-refractivity contribution >= 4 is 23.3 Å². The molecule has 0 aliphatic carbocycles. The number of nitrogens with zero attached hydrogens (tertiary/aromatic N) is 1. The Hall–Kier alpha value is -2.83. The van der Waals surface area contributed by atoms with Gasteiger partial charge in [0.15, 0.2) is 5.82 Å². The summed E-state index contributed by atoms with van der Waals surface area (Å²) in [6.45, 7) is 3.51. The van der Waals surface area contributed by atoms with E-state index in [-0.39, 0.29) is 11.8 Å². The highest BCUT2D eigenvalue weighted by Gasteiger charge is 2.14. The maximum absolute atomic E-state index is 12.1. The lowest BCUT2D eigenvalue weighted by Crippen LogP contribution is -2.31. The summed E-state index contributed by atoms with van der Waals surface area (Å²) in [4.78, 5) is 23.4. The van der Waals surface area contributed by atoms with Crippen molar-refractivity contribution in [1.82, 2.24) is 10.5 Å². The van der Waals surface area contributed by atoms with Crippen molar-refractivity contribution in [2.24, 2.45) is 0 Å². The van der Waals surface area contributed by atoms with Crippen LogP contribution in [0.3, 0.4) is 0 Å². The van der Waals surface area contributed by atoms with Gasteiger partial charge in [-0.25, -0.2) is 0 Å². The minimum absolute atomic E-state index is 0.0404. The largest absolute Gasteiger partial charge is 0.374 e. The molecular formula is C16H20N4O3. The highest BCUT2D eigenvalue weighted by Crippen LogP contribution is 2.13. The Bertz CT molecular complexity index is 679. The van der Waals surface area contributed by atoms with E-state index in [9.17, 15) is 9.59 Å². The molecule has 0 fully saturated rings. The van der Waals surface area contributed by atoms with Crippen molar-refractivity contribution in [2.75, 3.05) is 17.7 Å². The fourth-order valence-corrected chi connectivity index (χ4v) is 1.97. The zero-order valence-corrected chi connectivity index (χ0v) is 13.3. The number of amides is 2. The summed E-state index contributed by atoms with van der Waals surface area (Å²) in [5, 5.41) is 12.1. The monoisotopic (exact) mass is 316 g/mol. The molecule has 0 bridgehead atoms. The number of likely N-dealkylation sites (N-methyl/N-ethyl adjacent to an activating group) is 1. The standard InChI is InChI=1S/C16H20N4O3/c1-10-8-14(20-23-10)19-16(22)11(2)18-13-6-4-12(5-7-13)9-15(21)17-3/h4-8,11,18H,9H2,1-3H3,(H,17,21)(H,19,20,22)/t11-/m1/s1. The quantitative estimate of drug-likeness (QED) is 0.754. The molecule has 0 aliphatic heterocycles. The molecule has 0 aliphatic rings. The van der Waals surface area contributed by atoms with E-state index in [0.717, 1.165) is 11.3 Å². The number of aryl methyl sites for hydroxylation is 1. The van der Waals surface area contributed by atoms with Crippen LogP contribution < -0.4 is 16.0 Å². The average molecular weight is 316 g/mol. The summed E-state index contributed by atoms with van der Waals surface area (Å²) in [5.41, 5.74) is 1.70. The molecule has 0 saturated carbocycles. The third kappa shape index (κ3) is 4.84. The Balaban J connectivity index is 1.90. The van der Waals surface area contributed by atoms with E-state index < -0.39 is 6.04 Å². The highest BCUT2D eigenvalue weighted by atomic mass is 16.5. The topological polar surface area (TPSA) is 96.3 Å². The number of hydrogen-bond acceptors (Lipinski definition) is 5. The average Bonchev–Trinajstić information content (AvgIpc) is 2.94. The number of hydrogen-bond donors (Lipinski definition) is 3. The van der Waals surface area contributed by atoms with Crippen LogP contribution in [0.5, 0.6) is 0 Å². The Morgan fingerprint density at radius 2 is 1.96 bits per heavy atom. The first-order valence-corrected chi connectivity index (χ1v) is 7.28. The normalized spacial score (nSPS) is 11.6. The molecule has 1 aromatic carbocycles. The molecule has 2 amide bonds. The SMILES string of the molecule is CNC(=O)Cc1ccc(N[C@H](C)C(=O)Nc2cc(C)on2)cc1. The Morgan fingerprint density at radius 3 is 2.52 bits per heavy atom. The predicted octanol–water partition coefficient (Wildman–Crippen LogP) is 1.71. The van der Waals surface area contributed by atoms with Gasteiger partial charge in [0, 0.05) is 18.8 Å². The fourth-order valence-electron chi connectivity index (χ4n) is 1.97. The molecule has 3 N–H and O–H groups in total. The summed E-state index contributed by atoms with van der Waals surface area (Å²) >= 11 is 0. The van der Waals surface area contributed by atoms with E-state index in [2.05, 4.69) is 21.1 Å². The third-order valence-electron chi connectivity index (χ3n) is 3.25. The van der Waals surface area contributed by atoms with Crippen LogP contribution in [-0.4, -0.2) is 30.1 Å². The van der Waals surface area contributed by atoms with Gasteiger partial charge >= 0.3 is 0 Å². The molecule has 0 unspecified atom stereocenters. The summed E-state index contributed by atoms with van der Waals surface area (Å²) in [7, 11) is 1.61. The van der Waals surface area contributed by atoms with Gasteiger partial charge in [-0.2, -0.15) is 0 Å². The van der Waals surface area contributed by atoms with E-state index in [1.165, 1.54) is 0 Å². The summed E-state index contributed by atoms with van der Waals surface area (Å²) < 4.78 is 4.90. The molecule has 0 spiro atoms. The lowest BCUT2D eigenvalue weighted by atomic mass is 10.1. The first-order valence-electron chi connectivity index (χ1n) is 7.28. The van der Waals surface area contributed by atoms with Crippen LogP contribution in [0.1, 0.15) is 18.2 Å². The summed E-state index contributed by atoms with van der Waals surface area (Å²) in [6, 6.07) is 8.58. The zero-order chi connectivity index (χ0) is 16.8. The van der Waals surface area contributed by atoms with Crippen LogP contribution in [0.15, 0.2) is 34.9 Å². The van der Waals surface area contributed by atoms with Crippen LogP contribution in [0, 0.1) is 6.92 Å². The van der Waals surface area contributed by atoms with Gasteiger partial charge in [-0.1, -0.05) is 17.3 Å². The maximum Gasteiger partial charge on any atom is 0.247 e. The van der Waals surface area contributed by atoms with E-state index in [1.54, 1.807) is 27.0 Å². The molecule has 122 valence electrons. The number of anilines is 2. The van der Waals surface area contributed by atoms with Crippen molar-refractivity contribution < 1.29 is 14.1 Å². The second kappa shape index (κ2) is 7.44. The molecule has 2 aromatic rings. The van der Waals surface area contributed by atoms with Gasteiger partial charge in [0.2, 0.25) is 11.8 Å². The number of carbonyl (C=O) groups is 2. The molecule has 7 nitrogen and oxygen atoms in total. The van der Waals surface area contributed by atoms with Crippen molar-refractivity contribution in [2.45, 2.75) is 26.3 Å². The third-order valence-corrected chi connectivity index (χ3v) is 3.25. The van der Waals surface area contributed by atoms with Gasteiger partial charge in [0.1, 0.15) is 11.8 Å². The Morgan fingerprint density at radius 1 is 1.26 bits per heavy atom. The van der Waals surface area contributed by atoms with Crippen LogP contribution >= 0.6 is 0 Å². The Labute approximate surface area is 134 Å². The predicted molar refractivity (Wildman–Crippen MR) is 87.2 cm³/mol. The van der Waals surface area contributed by atoms with Crippen molar-refractivity contribution in [3.63, 3.8) is 0 Å². The lowest BCUT2D eigenvalue weighted by molar-refractivity contribution is -0.120. The van der Waals surface area contributed by atoms with Gasteiger partial charge < -0.3 is 20.5 Å². The second-order valence-electron chi connectivity index (χ2n) is 5.22. The number of aromatic nitrogens is 1.